The number of hydrogen-bond donors (Lipinski definition) is 2. The predicted molar refractivity (Wildman–Crippen MR) is 110 cm³/mol. The van der Waals surface area contributed by atoms with Crippen LogP contribution in [0.2, 0.25) is 0 Å². The first kappa shape index (κ1) is 18.9. The predicted octanol–water partition coefficient (Wildman–Crippen LogP) is 3.05. The Labute approximate surface area is 171 Å². The summed E-state index contributed by atoms with van der Waals surface area (Å²) < 4.78 is 11.1. The largest absolute Gasteiger partial charge is 0.467 e. The van der Waals surface area contributed by atoms with Gasteiger partial charge in [-0.2, -0.15) is 9.97 Å². The SMILES string of the molecule is CNC(=O)Nc1nc2c(s1)CN(c1cc(Oc3ccccc3)nc(OC)n1)CC2. The number of para-hydroxylation sites is 1. The summed E-state index contributed by atoms with van der Waals surface area (Å²) in [4.78, 5) is 28.0. The number of aromatic nitrogens is 3. The summed E-state index contributed by atoms with van der Waals surface area (Å²) in [5, 5.41) is 5.85. The van der Waals surface area contributed by atoms with Crippen LogP contribution in [-0.2, 0) is 13.0 Å². The fraction of sp³-hybridized carbons (Fsp3) is 0.263. The minimum absolute atomic E-state index is 0.241. The topological polar surface area (TPSA) is 102 Å². The lowest BCUT2D eigenvalue weighted by Crippen LogP contribution is -2.30. The fourth-order valence-electron chi connectivity index (χ4n) is 2.91. The standard InChI is InChI=1S/C19H20N6O3S/c1-20-17(26)24-19-21-13-8-9-25(11-14(13)29-19)15-10-16(23-18(22-15)27-2)28-12-6-4-3-5-7-12/h3-7,10H,8-9,11H2,1-2H3,(H2,20,21,24,26). The molecule has 29 heavy (non-hydrogen) atoms. The fourth-order valence-corrected chi connectivity index (χ4v) is 3.93. The summed E-state index contributed by atoms with van der Waals surface area (Å²) in [6.45, 7) is 1.37. The lowest BCUT2D eigenvalue weighted by molar-refractivity contribution is 0.254. The molecule has 0 spiro atoms. The number of amides is 2. The lowest BCUT2D eigenvalue weighted by atomic mass is 10.2. The van der Waals surface area contributed by atoms with E-state index in [1.165, 1.54) is 18.4 Å². The van der Waals surface area contributed by atoms with Crippen LogP contribution in [0.25, 0.3) is 0 Å². The maximum absolute atomic E-state index is 11.5. The Kier molecular flexibility index (Phi) is 5.43. The maximum Gasteiger partial charge on any atom is 0.321 e. The minimum atomic E-state index is -0.281. The highest BCUT2D eigenvalue weighted by atomic mass is 32.1. The van der Waals surface area contributed by atoms with Crippen molar-refractivity contribution in [2.24, 2.45) is 0 Å². The lowest BCUT2D eigenvalue weighted by Gasteiger charge is -2.27. The number of fused-ring (bicyclic) bond motifs is 1. The van der Waals surface area contributed by atoms with E-state index in [4.69, 9.17) is 9.47 Å². The van der Waals surface area contributed by atoms with E-state index in [9.17, 15) is 4.79 Å². The highest BCUT2D eigenvalue weighted by Crippen LogP contribution is 2.32. The van der Waals surface area contributed by atoms with E-state index in [-0.39, 0.29) is 12.0 Å². The molecule has 9 nitrogen and oxygen atoms in total. The molecule has 1 aromatic carbocycles. The van der Waals surface area contributed by atoms with E-state index in [0.29, 0.717) is 29.1 Å². The van der Waals surface area contributed by atoms with Crippen molar-refractivity contribution in [2.45, 2.75) is 13.0 Å². The Morgan fingerprint density at radius 1 is 1.21 bits per heavy atom. The minimum Gasteiger partial charge on any atom is -0.467 e. The first-order chi connectivity index (χ1) is 14.1. The third kappa shape index (κ3) is 4.37. The number of benzene rings is 1. The third-order valence-electron chi connectivity index (χ3n) is 4.32. The zero-order valence-corrected chi connectivity index (χ0v) is 16.8. The first-order valence-corrected chi connectivity index (χ1v) is 9.84. The van der Waals surface area contributed by atoms with Gasteiger partial charge < -0.3 is 19.7 Å². The molecule has 3 heterocycles. The number of ether oxygens (including phenoxy) is 2. The van der Waals surface area contributed by atoms with E-state index in [2.05, 4.69) is 30.5 Å². The van der Waals surface area contributed by atoms with Crippen LogP contribution in [0.4, 0.5) is 15.7 Å². The summed E-state index contributed by atoms with van der Waals surface area (Å²) in [6, 6.07) is 11.2. The van der Waals surface area contributed by atoms with Gasteiger partial charge in [0.15, 0.2) is 5.13 Å². The second-order valence-electron chi connectivity index (χ2n) is 6.23. The average molecular weight is 412 g/mol. The van der Waals surface area contributed by atoms with Crippen molar-refractivity contribution in [2.75, 3.05) is 30.9 Å². The smallest absolute Gasteiger partial charge is 0.321 e. The van der Waals surface area contributed by atoms with E-state index >= 15 is 0 Å². The van der Waals surface area contributed by atoms with Crippen molar-refractivity contribution in [3.8, 4) is 17.6 Å². The first-order valence-electron chi connectivity index (χ1n) is 9.03. The molecule has 4 rings (SSSR count). The van der Waals surface area contributed by atoms with Crippen LogP contribution in [0.1, 0.15) is 10.6 Å². The number of carbonyl (C=O) groups excluding carboxylic acids is 1. The second kappa shape index (κ2) is 8.31. The Morgan fingerprint density at radius 3 is 2.79 bits per heavy atom. The van der Waals surface area contributed by atoms with E-state index in [1.807, 2.05) is 30.3 Å². The van der Waals surface area contributed by atoms with Crippen LogP contribution >= 0.6 is 11.3 Å². The van der Waals surface area contributed by atoms with E-state index in [1.54, 1.807) is 13.1 Å². The van der Waals surface area contributed by atoms with Gasteiger partial charge in [-0.05, 0) is 12.1 Å². The van der Waals surface area contributed by atoms with E-state index < -0.39 is 0 Å². The zero-order valence-electron chi connectivity index (χ0n) is 16.0. The van der Waals surface area contributed by atoms with E-state index in [0.717, 1.165) is 23.5 Å². The molecule has 3 aromatic rings. The molecule has 0 saturated carbocycles. The molecule has 1 aliphatic heterocycles. The second-order valence-corrected chi connectivity index (χ2v) is 7.31. The summed E-state index contributed by atoms with van der Waals surface area (Å²) in [5.41, 5.74) is 0.999. The quantitative estimate of drug-likeness (QED) is 0.664. The highest BCUT2D eigenvalue weighted by Gasteiger charge is 2.23. The highest BCUT2D eigenvalue weighted by molar-refractivity contribution is 7.15. The van der Waals surface area contributed by atoms with Gasteiger partial charge >= 0.3 is 12.0 Å². The molecule has 1 aliphatic rings. The third-order valence-corrected chi connectivity index (χ3v) is 5.32. The number of nitrogens with one attached hydrogen (secondary N) is 2. The van der Waals surface area contributed by atoms with Crippen molar-refractivity contribution in [3.05, 3.63) is 47.0 Å². The van der Waals surface area contributed by atoms with Gasteiger partial charge in [-0.1, -0.05) is 29.5 Å². The van der Waals surface area contributed by atoms with Gasteiger partial charge in [0.25, 0.3) is 0 Å². The monoisotopic (exact) mass is 412 g/mol. The number of methoxy groups -OCH3 is 1. The Morgan fingerprint density at radius 2 is 2.03 bits per heavy atom. The number of rotatable bonds is 5. The van der Waals surface area contributed by atoms with Gasteiger partial charge in [0.1, 0.15) is 11.6 Å². The molecular weight excluding hydrogens is 392 g/mol. The normalized spacial score (nSPS) is 12.8. The number of anilines is 2. The molecule has 0 aliphatic carbocycles. The number of nitrogens with zero attached hydrogens (tertiary/aromatic N) is 4. The maximum atomic E-state index is 11.5. The molecule has 0 radical (unpaired) electrons. The van der Waals surface area contributed by atoms with Gasteiger partial charge in [0.2, 0.25) is 5.88 Å². The number of carbonyl (C=O) groups is 1. The van der Waals surface area contributed by atoms with Crippen LogP contribution in [0.5, 0.6) is 17.6 Å². The van der Waals surface area contributed by atoms with Gasteiger partial charge in [0.05, 0.1) is 19.3 Å². The molecule has 2 aromatic heterocycles. The summed E-state index contributed by atoms with van der Waals surface area (Å²) >= 11 is 1.46. The summed E-state index contributed by atoms with van der Waals surface area (Å²) in [5.74, 6) is 1.81. The molecule has 150 valence electrons. The molecule has 0 unspecified atom stereocenters. The molecular formula is C19H20N6O3S. The van der Waals surface area contributed by atoms with Gasteiger partial charge in [0, 0.05) is 31.0 Å². The Hall–Kier alpha value is -3.40. The van der Waals surface area contributed by atoms with Crippen LogP contribution in [-0.4, -0.2) is 41.7 Å². The molecule has 0 saturated heterocycles. The van der Waals surface area contributed by atoms with Crippen molar-refractivity contribution in [1.82, 2.24) is 20.3 Å². The molecule has 0 bridgehead atoms. The van der Waals surface area contributed by atoms with Crippen molar-refractivity contribution in [3.63, 3.8) is 0 Å². The molecule has 2 amide bonds. The number of urea groups is 1. The van der Waals surface area contributed by atoms with Crippen LogP contribution in [0.3, 0.4) is 0 Å². The van der Waals surface area contributed by atoms with Gasteiger partial charge in [-0.25, -0.2) is 9.78 Å². The van der Waals surface area contributed by atoms with Gasteiger partial charge in [-0.15, -0.1) is 0 Å². The summed E-state index contributed by atoms with van der Waals surface area (Å²) in [6.07, 6.45) is 0.752. The van der Waals surface area contributed by atoms with Crippen LogP contribution in [0, 0.1) is 0 Å². The average Bonchev–Trinajstić information content (AvgIpc) is 3.15. The Bertz CT molecular complexity index is 1010. The molecule has 10 heteroatoms. The van der Waals surface area contributed by atoms with Crippen LogP contribution < -0.4 is 25.0 Å². The van der Waals surface area contributed by atoms with Crippen LogP contribution in [0.15, 0.2) is 36.4 Å². The van der Waals surface area contributed by atoms with Gasteiger partial charge in [-0.3, -0.25) is 5.32 Å². The molecule has 0 fully saturated rings. The number of thiazole rings is 1. The van der Waals surface area contributed by atoms with Crippen molar-refractivity contribution < 1.29 is 14.3 Å². The molecule has 2 N–H and O–H groups in total. The molecule has 0 atom stereocenters. The number of hydrogen-bond acceptors (Lipinski definition) is 8. The van der Waals surface area contributed by atoms with Crippen molar-refractivity contribution in [1.29, 1.82) is 0 Å². The Balaban J connectivity index is 1.55. The summed E-state index contributed by atoms with van der Waals surface area (Å²) in [7, 11) is 3.10. The zero-order chi connectivity index (χ0) is 20.2. The van der Waals surface area contributed by atoms with Crippen molar-refractivity contribution >= 4 is 28.3 Å².